The van der Waals surface area contributed by atoms with Gasteiger partial charge in [0.15, 0.2) is 0 Å². The van der Waals surface area contributed by atoms with Gasteiger partial charge in [-0.3, -0.25) is 5.14 Å². The number of anilines is 1. The van der Waals surface area contributed by atoms with Crippen molar-refractivity contribution in [2.24, 2.45) is 5.14 Å². The van der Waals surface area contributed by atoms with Crippen molar-refractivity contribution in [1.29, 1.82) is 0 Å². The number of aromatic nitrogens is 1. The molecule has 1 atom stereocenters. The molecule has 0 spiro atoms. The molecule has 0 fully saturated rings. The van der Waals surface area contributed by atoms with Crippen molar-refractivity contribution >= 4 is 29.0 Å². The van der Waals surface area contributed by atoms with Gasteiger partial charge >= 0.3 is 0 Å². The van der Waals surface area contributed by atoms with Gasteiger partial charge in [-0.2, -0.15) is 0 Å². The fraction of sp³-hybridized carbons (Fsp3) is 0.100. The maximum atomic E-state index is 10.1. The lowest BCUT2D eigenvalue weighted by molar-refractivity contribution is 0.217. The first kappa shape index (κ1) is 11.4. The van der Waals surface area contributed by atoms with Crippen LogP contribution in [-0.2, 0) is 0 Å². The van der Waals surface area contributed by atoms with Crippen molar-refractivity contribution in [3.8, 4) is 0 Å². The normalized spacial score (nSPS) is 12.6. The van der Waals surface area contributed by atoms with E-state index >= 15 is 0 Å². The summed E-state index contributed by atoms with van der Waals surface area (Å²) in [5, 5.41) is 18.2. The first-order chi connectivity index (χ1) is 7.74. The maximum Gasteiger partial charge on any atom is 0.132 e. The second-order valence-electron chi connectivity index (χ2n) is 3.16. The SMILES string of the molecule is NSc1c(N)cccc1C(O)c1nccs1. The summed E-state index contributed by atoms with van der Waals surface area (Å²) in [6, 6.07) is 5.35. The maximum absolute atomic E-state index is 10.1. The van der Waals surface area contributed by atoms with Crippen molar-refractivity contribution in [2.45, 2.75) is 11.0 Å². The molecular formula is C10H11N3OS2. The molecule has 1 heterocycles. The Bertz CT molecular complexity index is 473. The van der Waals surface area contributed by atoms with Crippen LogP contribution in [0.4, 0.5) is 5.69 Å². The number of nitrogens with two attached hydrogens (primary N) is 2. The molecule has 0 radical (unpaired) electrons. The van der Waals surface area contributed by atoms with Crippen LogP contribution in [0, 0.1) is 0 Å². The monoisotopic (exact) mass is 253 g/mol. The number of benzene rings is 1. The molecule has 2 aromatic rings. The second kappa shape index (κ2) is 4.84. The molecule has 5 N–H and O–H groups in total. The number of aliphatic hydroxyl groups excluding tert-OH is 1. The first-order valence-corrected chi connectivity index (χ1v) is 6.32. The van der Waals surface area contributed by atoms with E-state index in [9.17, 15) is 5.11 Å². The Labute approximate surface area is 101 Å². The summed E-state index contributed by atoms with van der Waals surface area (Å²) in [7, 11) is 0. The topological polar surface area (TPSA) is 85.2 Å². The minimum Gasteiger partial charge on any atom is -0.398 e. The van der Waals surface area contributed by atoms with Crippen molar-refractivity contribution in [2.75, 3.05) is 5.73 Å². The highest BCUT2D eigenvalue weighted by atomic mass is 32.2. The number of aliphatic hydroxyl groups is 1. The lowest BCUT2D eigenvalue weighted by Crippen LogP contribution is -2.04. The van der Waals surface area contributed by atoms with Crippen molar-refractivity contribution in [1.82, 2.24) is 4.98 Å². The number of hydrogen-bond donors (Lipinski definition) is 3. The summed E-state index contributed by atoms with van der Waals surface area (Å²) < 4.78 is 0. The zero-order valence-electron chi connectivity index (χ0n) is 8.33. The first-order valence-electron chi connectivity index (χ1n) is 4.56. The van der Waals surface area contributed by atoms with E-state index in [0.717, 1.165) is 11.9 Å². The second-order valence-corrected chi connectivity index (χ2v) is 4.73. The average Bonchev–Trinajstić information content (AvgIpc) is 2.81. The molecule has 16 heavy (non-hydrogen) atoms. The van der Waals surface area contributed by atoms with Crippen molar-refractivity contribution in [3.05, 3.63) is 40.3 Å². The minimum atomic E-state index is -0.769. The van der Waals surface area contributed by atoms with E-state index in [1.165, 1.54) is 11.3 Å². The molecule has 0 aliphatic heterocycles. The van der Waals surface area contributed by atoms with Gasteiger partial charge in [0.1, 0.15) is 11.1 Å². The van der Waals surface area contributed by atoms with E-state index in [4.69, 9.17) is 10.9 Å². The zero-order valence-corrected chi connectivity index (χ0v) is 9.96. The van der Waals surface area contributed by atoms with Crippen LogP contribution in [-0.4, -0.2) is 10.1 Å². The van der Waals surface area contributed by atoms with Gasteiger partial charge < -0.3 is 10.8 Å². The lowest BCUT2D eigenvalue weighted by Gasteiger charge is -2.13. The predicted molar refractivity (Wildman–Crippen MR) is 67.1 cm³/mol. The summed E-state index contributed by atoms with van der Waals surface area (Å²) in [6.07, 6.45) is 0.889. The lowest BCUT2D eigenvalue weighted by atomic mass is 10.1. The minimum absolute atomic E-state index is 0.570. The molecule has 0 aliphatic rings. The smallest absolute Gasteiger partial charge is 0.132 e. The van der Waals surface area contributed by atoms with E-state index in [2.05, 4.69) is 4.98 Å². The zero-order chi connectivity index (χ0) is 11.5. The fourth-order valence-electron chi connectivity index (χ4n) is 1.43. The Balaban J connectivity index is 2.44. The molecule has 4 nitrogen and oxygen atoms in total. The van der Waals surface area contributed by atoms with Gasteiger partial charge in [0.05, 0.1) is 4.90 Å². The van der Waals surface area contributed by atoms with Gasteiger partial charge in [-0.05, 0) is 18.0 Å². The Morgan fingerprint density at radius 3 is 2.88 bits per heavy atom. The van der Waals surface area contributed by atoms with Crippen molar-refractivity contribution < 1.29 is 5.11 Å². The van der Waals surface area contributed by atoms with Crippen LogP contribution in [0.3, 0.4) is 0 Å². The number of hydrogen-bond acceptors (Lipinski definition) is 6. The van der Waals surface area contributed by atoms with Gasteiger partial charge in [-0.25, -0.2) is 4.98 Å². The van der Waals surface area contributed by atoms with Crippen LogP contribution in [0.5, 0.6) is 0 Å². The molecule has 1 aromatic heterocycles. The highest BCUT2D eigenvalue weighted by Crippen LogP contribution is 2.33. The van der Waals surface area contributed by atoms with Crippen LogP contribution in [0.1, 0.15) is 16.7 Å². The predicted octanol–water partition coefficient (Wildman–Crippen LogP) is 1.77. The Kier molecular flexibility index (Phi) is 3.45. The van der Waals surface area contributed by atoms with Gasteiger partial charge in [-0.15, -0.1) is 11.3 Å². The van der Waals surface area contributed by atoms with E-state index < -0.39 is 6.10 Å². The summed E-state index contributed by atoms with van der Waals surface area (Å²) in [6.45, 7) is 0. The molecule has 0 saturated heterocycles. The van der Waals surface area contributed by atoms with E-state index in [1.54, 1.807) is 24.4 Å². The highest BCUT2D eigenvalue weighted by molar-refractivity contribution is 7.97. The standard InChI is InChI=1S/C10H11N3OS2/c11-7-3-1-2-6(9(7)16-12)8(14)10-13-4-5-15-10/h1-5,8,14H,11-12H2. The summed E-state index contributed by atoms with van der Waals surface area (Å²) in [5.41, 5.74) is 7.06. The molecule has 1 unspecified atom stereocenters. The van der Waals surface area contributed by atoms with Crippen molar-refractivity contribution in [3.63, 3.8) is 0 Å². The Morgan fingerprint density at radius 1 is 1.44 bits per heavy atom. The third-order valence-corrected chi connectivity index (χ3v) is 3.71. The molecular weight excluding hydrogens is 242 g/mol. The van der Waals surface area contributed by atoms with Gasteiger partial charge in [0.2, 0.25) is 0 Å². The van der Waals surface area contributed by atoms with E-state index in [-0.39, 0.29) is 0 Å². The molecule has 0 amide bonds. The number of rotatable bonds is 3. The largest absolute Gasteiger partial charge is 0.398 e. The Hall–Kier alpha value is -1.08. The summed E-state index contributed by atoms with van der Waals surface area (Å²) >= 11 is 2.44. The molecule has 2 rings (SSSR count). The van der Waals surface area contributed by atoms with Crippen LogP contribution < -0.4 is 10.9 Å². The summed E-state index contributed by atoms with van der Waals surface area (Å²) in [5.74, 6) is 0. The van der Waals surface area contributed by atoms with Crippen LogP contribution in [0.2, 0.25) is 0 Å². The molecule has 84 valence electrons. The highest BCUT2D eigenvalue weighted by Gasteiger charge is 2.17. The molecule has 1 aromatic carbocycles. The quantitative estimate of drug-likeness (QED) is 0.573. The van der Waals surface area contributed by atoms with Crippen LogP contribution in [0.25, 0.3) is 0 Å². The summed E-state index contributed by atoms with van der Waals surface area (Å²) in [4.78, 5) is 4.77. The van der Waals surface area contributed by atoms with Gasteiger partial charge in [0, 0.05) is 22.8 Å². The Morgan fingerprint density at radius 2 is 2.25 bits per heavy atom. The van der Waals surface area contributed by atoms with E-state index in [1.807, 2.05) is 5.38 Å². The fourth-order valence-corrected chi connectivity index (χ4v) is 2.59. The average molecular weight is 253 g/mol. The van der Waals surface area contributed by atoms with E-state index in [0.29, 0.717) is 21.2 Å². The third-order valence-electron chi connectivity index (χ3n) is 2.17. The van der Waals surface area contributed by atoms with Crippen LogP contribution in [0.15, 0.2) is 34.7 Å². The third kappa shape index (κ3) is 2.05. The molecule has 0 bridgehead atoms. The van der Waals surface area contributed by atoms with Crippen LogP contribution >= 0.6 is 23.3 Å². The number of nitrogens with zero attached hydrogens (tertiary/aromatic N) is 1. The molecule has 0 saturated carbocycles. The van der Waals surface area contributed by atoms with Gasteiger partial charge in [-0.1, -0.05) is 12.1 Å². The molecule has 0 aliphatic carbocycles. The number of thiazole rings is 1. The number of nitrogen functional groups attached to an aromatic ring is 1. The molecule has 6 heteroatoms. The van der Waals surface area contributed by atoms with Gasteiger partial charge in [0.25, 0.3) is 0 Å².